The number of hydrogen-bond acceptors (Lipinski definition) is 6. The van der Waals surface area contributed by atoms with E-state index >= 15 is 0 Å². The summed E-state index contributed by atoms with van der Waals surface area (Å²) in [4.78, 5) is 21.4. The molecule has 0 saturated carbocycles. The Morgan fingerprint density at radius 3 is 2.57 bits per heavy atom. The van der Waals surface area contributed by atoms with E-state index in [-0.39, 0.29) is 41.3 Å². The van der Waals surface area contributed by atoms with Gasteiger partial charge in [-0.15, -0.1) is 0 Å². The van der Waals surface area contributed by atoms with Crippen molar-refractivity contribution < 1.29 is 18.0 Å². The van der Waals surface area contributed by atoms with Gasteiger partial charge in [-0.2, -0.15) is 10.1 Å². The van der Waals surface area contributed by atoms with Crippen molar-refractivity contribution >= 4 is 35.0 Å². The first-order chi connectivity index (χ1) is 14.2. The fourth-order valence-corrected chi connectivity index (χ4v) is 2.55. The zero-order valence-corrected chi connectivity index (χ0v) is 16.7. The van der Waals surface area contributed by atoms with E-state index in [1.165, 1.54) is 22.0 Å². The predicted molar refractivity (Wildman–Crippen MR) is 105 cm³/mol. The lowest BCUT2D eigenvalue weighted by Gasteiger charge is -2.11. The third-order valence-corrected chi connectivity index (χ3v) is 4.24. The largest absolute Gasteiger partial charge is 0.364 e. The molecular weight excluding hydrogens is 423 g/mol. The Balaban J connectivity index is 1.70. The van der Waals surface area contributed by atoms with Gasteiger partial charge in [0.1, 0.15) is 29.0 Å². The minimum absolute atomic E-state index is 0.0672. The second-order valence-corrected chi connectivity index (χ2v) is 6.84. The lowest BCUT2D eigenvalue weighted by molar-refractivity contribution is -0.129. The number of likely N-dealkylation sites (N-methyl/N-ethyl adjacent to an activating group) is 1. The van der Waals surface area contributed by atoms with Gasteiger partial charge in [-0.1, -0.05) is 11.6 Å². The van der Waals surface area contributed by atoms with Crippen molar-refractivity contribution in [3.63, 3.8) is 0 Å². The molecule has 0 aliphatic heterocycles. The van der Waals surface area contributed by atoms with Gasteiger partial charge in [0.25, 0.3) is 0 Å². The number of benzene rings is 1. The number of hydrogen-bond donors (Lipinski definition) is 2. The maximum Gasteiger partial charge on any atom is 0.243 e. The number of halogens is 4. The zero-order chi connectivity index (χ0) is 21.8. The number of rotatable bonds is 7. The Labute approximate surface area is 174 Å². The molecule has 0 radical (unpaired) electrons. The molecule has 1 amide bonds. The molecule has 12 heteroatoms. The van der Waals surface area contributed by atoms with E-state index in [4.69, 9.17) is 11.6 Å². The molecule has 2 heterocycles. The van der Waals surface area contributed by atoms with Crippen LogP contribution in [-0.4, -0.2) is 44.7 Å². The molecule has 1 aromatic carbocycles. The lowest BCUT2D eigenvalue weighted by atomic mass is 10.2. The van der Waals surface area contributed by atoms with Gasteiger partial charge in [-0.25, -0.2) is 18.2 Å². The molecule has 3 rings (SSSR count). The van der Waals surface area contributed by atoms with E-state index in [1.807, 2.05) is 0 Å². The van der Waals surface area contributed by atoms with E-state index in [1.54, 1.807) is 20.3 Å². The number of nitrogens with one attached hydrogen (secondary N) is 2. The molecule has 8 nitrogen and oxygen atoms in total. The third-order valence-electron chi connectivity index (χ3n) is 3.97. The third kappa shape index (κ3) is 5.17. The smallest absolute Gasteiger partial charge is 0.243 e. The quantitative estimate of drug-likeness (QED) is 0.588. The molecule has 0 aliphatic carbocycles. The monoisotopic (exact) mass is 439 g/mol. The van der Waals surface area contributed by atoms with Crippen molar-refractivity contribution in [1.29, 1.82) is 0 Å². The van der Waals surface area contributed by atoms with Crippen molar-refractivity contribution in [3.05, 3.63) is 58.8 Å². The Morgan fingerprint density at radius 1 is 1.20 bits per heavy atom. The second kappa shape index (κ2) is 8.99. The van der Waals surface area contributed by atoms with Gasteiger partial charge in [0.2, 0.25) is 11.9 Å². The van der Waals surface area contributed by atoms with Gasteiger partial charge >= 0.3 is 0 Å². The maximum absolute atomic E-state index is 13.8. The highest BCUT2D eigenvalue weighted by molar-refractivity contribution is 6.32. The van der Waals surface area contributed by atoms with Crippen molar-refractivity contribution in [2.24, 2.45) is 0 Å². The number of carbonyl (C=O) groups is 1. The topological polar surface area (TPSA) is 88.0 Å². The predicted octanol–water partition coefficient (Wildman–Crippen LogP) is 3.19. The highest BCUT2D eigenvalue weighted by Crippen LogP contribution is 2.23. The van der Waals surface area contributed by atoms with Gasteiger partial charge in [-0.05, 0) is 0 Å². The minimum atomic E-state index is -1.02. The van der Waals surface area contributed by atoms with Crippen molar-refractivity contribution in [1.82, 2.24) is 24.6 Å². The second-order valence-electron chi connectivity index (χ2n) is 6.43. The highest BCUT2D eigenvalue weighted by Gasteiger charge is 2.13. The molecule has 0 aliphatic rings. The van der Waals surface area contributed by atoms with E-state index in [2.05, 4.69) is 25.7 Å². The molecule has 3 aromatic rings. The fraction of sp³-hybridized carbons (Fsp3) is 0.222. The average Bonchev–Trinajstić information content (AvgIpc) is 3.10. The molecule has 0 unspecified atom stereocenters. The number of nitrogens with zero attached hydrogens (tertiary/aromatic N) is 5. The van der Waals surface area contributed by atoms with Crippen molar-refractivity contribution in [3.8, 4) is 0 Å². The van der Waals surface area contributed by atoms with Crippen LogP contribution in [0.25, 0.3) is 0 Å². The lowest BCUT2D eigenvalue weighted by Crippen LogP contribution is -2.26. The standard InChI is InChI=1S/C18H17ClF3N7O/c1-28(2)16(30)9-29-8-11(5-25-29)26-18-24-7-13(19)17(27-18)23-6-12-14(21)3-10(20)4-15(12)22/h3-5,7-8H,6,9H2,1-2H3,(H2,23,24,26,27). The molecule has 0 spiro atoms. The van der Waals surface area contributed by atoms with Gasteiger partial charge in [0.15, 0.2) is 5.82 Å². The first-order valence-corrected chi connectivity index (χ1v) is 9.00. The number of aromatic nitrogens is 4. The highest BCUT2D eigenvalue weighted by atomic mass is 35.5. The van der Waals surface area contributed by atoms with Crippen LogP contribution in [0.5, 0.6) is 0 Å². The van der Waals surface area contributed by atoms with Crippen LogP contribution in [0.3, 0.4) is 0 Å². The molecule has 0 bridgehead atoms. The molecular formula is C18H17ClF3N7O. The normalized spacial score (nSPS) is 10.7. The maximum atomic E-state index is 13.8. The summed E-state index contributed by atoms with van der Waals surface area (Å²) in [6, 6.07) is 1.18. The summed E-state index contributed by atoms with van der Waals surface area (Å²) >= 11 is 6.04. The number of carbonyl (C=O) groups excluding carboxylic acids is 1. The molecule has 0 atom stereocenters. The minimum Gasteiger partial charge on any atom is -0.364 e. The van der Waals surface area contributed by atoms with E-state index in [0.29, 0.717) is 17.8 Å². The Morgan fingerprint density at radius 2 is 1.90 bits per heavy atom. The average molecular weight is 440 g/mol. The van der Waals surface area contributed by atoms with Crippen LogP contribution in [-0.2, 0) is 17.9 Å². The molecule has 30 heavy (non-hydrogen) atoms. The summed E-state index contributed by atoms with van der Waals surface area (Å²) in [5.74, 6) is -2.92. The van der Waals surface area contributed by atoms with E-state index < -0.39 is 17.5 Å². The SMILES string of the molecule is CN(C)C(=O)Cn1cc(Nc2ncc(Cl)c(NCc3c(F)cc(F)cc3F)n2)cn1. The summed E-state index contributed by atoms with van der Waals surface area (Å²) in [7, 11) is 3.29. The van der Waals surface area contributed by atoms with Crippen LogP contribution < -0.4 is 10.6 Å². The van der Waals surface area contributed by atoms with Crippen LogP contribution in [0.15, 0.2) is 30.7 Å². The summed E-state index contributed by atoms with van der Waals surface area (Å²) in [6.45, 7) is -0.240. The zero-order valence-electron chi connectivity index (χ0n) is 16.0. The number of anilines is 3. The van der Waals surface area contributed by atoms with Crippen LogP contribution in [0.1, 0.15) is 5.56 Å². The molecule has 0 saturated heterocycles. The molecule has 2 N–H and O–H groups in total. The Kier molecular flexibility index (Phi) is 6.40. The van der Waals surface area contributed by atoms with E-state index in [0.717, 1.165) is 0 Å². The van der Waals surface area contributed by atoms with Crippen molar-refractivity contribution in [2.45, 2.75) is 13.1 Å². The van der Waals surface area contributed by atoms with Crippen LogP contribution in [0.4, 0.5) is 30.6 Å². The van der Waals surface area contributed by atoms with Gasteiger partial charge < -0.3 is 15.5 Å². The van der Waals surface area contributed by atoms with Gasteiger partial charge in [0, 0.05) is 44.5 Å². The first-order valence-electron chi connectivity index (χ1n) is 8.62. The molecule has 158 valence electrons. The van der Waals surface area contributed by atoms with Gasteiger partial charge in [0.05, 0.1) is 18.1 Å². The summed E-state index contributed by atoms with van der Waals surface area (Å²) in [5, 5.41) is 9.79. The van der Waals surface area contributed by atoms with Crippen LogP contribution >= 0.6 is 11.6 Å². The van der Waals surface area contributed by atoms with E-state index in [9.17, 15) is 18.0 Å². The summed E-state index contributed by atoms with van der Waals surface area (Å²) in [5.41, 5.74) is 0.165. The summed E-state index contributed by atoms with van der Waals surface area (Å²) < 4.78 is 42.1. The number of amides is 1. The first kappa shape index (κ1) is 21.4. The van der Waals surface area contributed by atoms with Gasteiger partial charge in [-0.3, -0.25) is 9.48 Å². The van der Waals surface area contributed by atoms with Crippen LogP contribution in [0, 0.1) is 17.5 Å². The Hall–Kier alpha value is -3.34. The molecule has 2 aromatic heterocycles. The fourth-order valence-electron chi connectivity index (χ4n) is 2.39. The Bertz CT molecular complexity index is 1050. The summed E-state index contributed by atoms with van der Waals surface area (Å²) in [6.07, 6.45) is 4.38. The van der Waals surface area contributed by atoms with Crippen LogP contribution in [0.2, 0.25) is 5.02 Å². The molecule has 0 fully saturated rings. The van der Waals surface area contributed by atoms with Crippen molar-refractivity contribution in [2.75, 3.05) is 24.7 Å².